The Balaban J connectivity index is 2.02. The van der Waals surface area contributed by atoms with Crippen molar-refractivity contribution in [2.45, 2.75) is 25.3 Å². The Bertz CT molecular complexity index is 454. The molecule has 6 heteroatoms. The third-order valence-corrected chi connectivity index (χ3v) is 3.06. The van der Waals surface area contributed by atoms with E-state index in [-0.39, 0.29) is 28.7 Å². The van der Waals surface area contributed by atoms with E-state index in [4.69, 9.17) is 16.9 Å². The molecule has 1 aromatic heterocycles. The summed E-state index contributed by atoms with van der Waals surface area (Å²) >= 11 is 5.58. The second-order valence-corrected chi connectivity index (χ2v) is 4.37. The van der Waals surface area contributed by atoms with Crippen molar-refractivity contribution in [2.75, 3.05) is 0 Å². The maximum absolute atomic E-state index is 11.8. The number of hydrogen-bond donors (Lipinski definition) is 1. The van der Waals surface area contributed by atoms with Crippen LogP contribution in [0.4, 0.5) is 0 Å². The van der Waals surface area contributed by atoms with Crippen molar-refractivity contribution >= 4 is 17.5 Å². The predicted molar refractivity (Wildman–Crippen MR) is 61.3 cm³/mol. The zero-order valence-electron chi connectivity index (χ0n) is 9.06. The minimum Gasteiger partial charge on any atom is -0.347 e. The van der Waals surface area contributed by atoms with Gasteiger partial charge in [0, 0.05) is 6.04 Å². The van der Waals surface area contributed by atoms with Crippen molar-refractivity contribution in [2.24, 2.45) is 5.92 Å². The Morgan fingerprint density at radius 2 is 2.29 bits per heavy atom. The second kappa shape index (κ2) is 5.11. The minimum absolute atomic E-state index is 0.0787. The lowest BCUT2D eigenvalue weighted by molar-refractivity contribution is 0.0926. The van der Waals surface area contributed by atoms with Crippen LogP contribution in [0.3, 0.4) is 0 Å². The lowest BCUT2D eigenvalue weighted by Crippen LogP contribution is -2.37. The van der Waals surface area contributed by atoms with Gasteiger partial charge in [-0.25, -0.2) is 0 Å². The molecule has 0 bridgehead atoms. The standard InChI is InChI=1S/C11H11ClN4O/c12-10-5-4-9(15-16-10)11(17)14-8-3-1-2-7(8)6-13/h4-5,7-8H,1-3H2,(H,14,17). The fraction of sp³-hybridized carbons (Fsp3) is 0.455. The summed E-state index contributed by atoms with van der Waals surface area (Å²) in [5, 5.41) is 19.3. The highest BCUT2D eigenvalue weighted by atomic mass is 35.5. The first-order valence-electron chi connectivity index (χ1n) is 5.40. The van der Waals surface area contributed by atoms with Gasteiger partial charge in [-0.1, -0.05) is 11.6 Å². The summed E-state index contributed by atoms with van der Waals surface area (Å²) in [7, 11) is 0. The predicted octanol–water partition coefficient (Wildman–Crippen LogP) is 1.55. The first-order chi connectivity index (χ1) is 8.20. The Morgan fingerprint density at radius 3 is 2.94 bits per heavy atom. The summed E-state index contributed by atoms with van der Waals surface area (Å²) in [4.78, 5) is 11.8. The smallest absolute Gasteiger partial charge is 0.272 e. The average Bonchev–Trinajstić information content (AvgIpc) is 2.77. The van der Waals surface area contributed by atoms with Gasteiger partial charge in [0.1, 0.15) is 0 Å². The van der Waals surface area contributed by atoms with Gasteiger partial charge in [0.15, 0.2) is 10.8 Å². The highest BCUT2D eigenvalue weighted by molar-refractivity contribution is 6.29. The third-order valence-electron chi connectivity index (χ3n) is 2.86. The van der Waals surface area contributed by atoms with E-state index in [9.17, 15) is 4.79 Å². The zero-order valence-corrected chi connectivity index (χ0v) is 9.81. The number of carbonyl (C=O) groups is 1. The summed E-state index contributed by atoms with van der Waals surface area (Å²) in [5.41, 5.74) is 0.220. The van der Waals surface area contributed by atoms with Crippen molar-refractivity contribution in [3.05, 3.63) is 23.0 Å². The number of hydrogen-bond acceptors (Lipinski definition) is 4. The van der Waals surface area contributed by atoms with Crippen LogP contribution in [-0.4, -0.2) is 22.1 Å². The first kappa shape index (κ1) is 11.8. The fourth-order valence-corrected chi connectivity index (χ4v) is 2.07. The topological polar surface area (TPSA) is 78.7 Å². The molecule has 2 rings (SSSR count). The lowest BCUT2D eigenvalue weighted by Gasteiger charge is -2.14. The van der Waals surface area contributed by atoms with Crippen molar-refractivity contribution in [1.29, 1.82) is 5.26 Å². The number of nitrogens with one attached hydrogen (secondary N) is 1. The summed E-state index contributed by atoms with van der Waals surface area (Å²) in [6, 6.07) is 5.16. The molecular formula is C11H11ClN4O. The zero-order chi connectivity index (χ0) is 12.3. The van der Waals surface area contributed by atoms with Crippen LogP contribution in [0.2, 0.25) is 5.15 Å². The van der Waals surface area contributed by atoms with Gasteiger partial charge in [0.05, 0.1) is 12.0 Å². The lowest BCUT2D eigenvalue weighted by atomic mass is 10.1. The Kier molecular flexibility index (Phi) is 3.55. The summed E-state index contributed by atoms with van der Waals surface area (Å²) in [6.07, 6.45) is 2.65. The van der Waals surface area contributed by atoms with E-state index in [1.54, 1.807) is 0 Å². The fourth-order valence-electron chi connectivity index (χ4n) is 1.97. The molecule has 1 N–H and O–H groups in total. The number of carbonyl (C=O) groups excluding carboxylic acids is 1. The van der Waals surface area contributed by atoms with E-state index in [0.717, 1.165) is 19.3 Å². The van der Waals surface area contributed by atoms with E-state index >= 15 is 0 Å². The van der Waals surface area contributed by atoms with Gasteiger partial charge in [-0.05, 0) is 31.4 Å². The number of halogens is 1. The van der Waals surface area contributed by atoms with Crippen LogP contribution in [-0.2, 0) is 0 Å². The van der Waals surface area contributed by atoms with E-state index < -0.39 is 0 Å². The molecule has 0 aromatic carbocycles. The molecule has 1 aliphatic rings. The molecule has 1 aromatic rings. The molecule has 88 valence electrons. The second-order valence-electron chi connectivity index (χ2n) is 3.99. The number of rotatable bonds is 2. The molecular weight excluding hydrogens is 240 g/mol. The van der Waals surface area contributed by atoms with Crippen molar-refractivity contribution in [3.63, 3.8) is 0 Å². The minimum atomic E-state index is -0.304. The molecule has 5 nitrogen and oxygen atoms in total. The van der Waals surface area contributed by atoms with Crippen molar-refractivity contribution in [3.8, 4) is 6.07 Å². The number of nitrogens with zero attached hydrogens (tertiary/aromatic N) is 3. The van der Waals surface area contributed by atoms with Gasteiger partial charge in [-0.15, -0.1) is 10.2 Å². The van der Waals surface area contributed by atoms with E-state index in [0.29, 0.717) is 0 Å². The molecule has 1 saturated carbocycles. The SMILES string of the molecule is N#CC1CCCC1NC(=O)c1ccc(Cl)nn1. The molecule has 1 heterocycles. The highest BCUT2D eigenvalue weighted by Crippen LogP contribution is 2.24. The number of nitriles is 1. The summed E-state index contributed by atoms with van der Waals surface area (Å²) in [5.74, 6) is -0.402. The van der Waals surface area contributed by atoms with Gasteiger partial charge in [-0.2, -0.15) is 5.26 Å². The Hall–Kier alpha value is -1.67. The molecule has 17 heavy (non-hydrogen) atoms. The monoisotopic (exact) mass is 250 g/mol. The third kappa shape index (κ3) is 2.71. The summed E-state index contributed by atoms with van der Waals surface area (Å²) < 4.78 is 0. The van der Waals surface area contributed by atoms with Crippen LogP contribution >= 0.6 is 11.6 Å². The van der Waals surface area contributed by atoms with Crippen LogP contribution in [0.5, 0.6) is 0 Å². The average molecular weight is 251 g/mol. The molecule has 2 unspecified atom stereocenters. The first-order valence-corrected chi connectivity index (χ1v) is 5.78. The largest absolute Gasteiger partial charge is 0.347 e. The Morgan fingerprint density at radius 1 is 1.47 bits per heavy atom. The van der Waals surface area contributed by atoms with Crippen molar-refractivity contribution < 1.29 is 4.79 Å². The number of amides is 1. The molecule has 0 aliphatic heterocycles. The van der Waals surface area contributed by atoms with Crippen LogP contribution in [0.25, 0.3) is 0 Å². The van der Waals surface area contributed by atoms with Crippen molar-refractivity contribution in [1.82, 2.24) is 15.5 Å². The molecule has 2 atom stereocenters. The molecule has 1 aliphatic carbocycles. The Labute approximate surface area is 104 Å². The van der Waals surface area contributed by atoms with Gasteiger partial charge >= 0.3 is 0 Å². The maximum atomic E-state index is 11.8. The number of aromatic nitrogens is 2. The van der Waals surface area contributed by atoms with Crippen LogP contribution in [0.15, 0.2) is 12.1 Å². The van der Waals surface area contributed by atoms with E-state index in [1.165, 1.54) is 12.1 Å². The molecule has 0 saturated heterocycles. The quantitative estimate of drug-likeness (QED) is 0.864. The molecule has 0 spiro atoms. The van der Waals surface area contributed by atoms with E-state index in [2.05, 4.69) is 21.6 Å². The van der Waals surface area contributed by atoms with Crippen LogP contribution in [0, 0.1) is 17.2 Å². The van der Waals surface area contributed by atoms with Crippen LogP contribution < -0.4 is 5.32 Å². The highest BCUT2D eigenvalue weighted by Gasteiger charge is 2.28. The van der Waals surface area contributed by atoms with E-state index in [1.807, 2.05) is 0 Å². The van der Waals surface area contributed by atoms with Gasteiger partial charge in [0.25, 0.3) is 5.91 Å². The molecule has 1 amide bonds. The maximum Gasteiger partial charge on any atom is 0.272 e. The summed E-state index contributed by atoms with van der Waals surface area (Å²) in [6.45, 7) is 0. The molecule has 0 radical (unpaired) electrons. The van der Waals surface area contributed by atoms with Gasteiger partial charge < -0.3 is 5.32 Å². The van der Waals surface area contributed by atoms with Gasteiger partial charge in [0.2, 0.25) is 0 Å². The normalized spacial score (nSPS) is 23.1. The van der Waals surface area contributed by atoms with Crippen LogP contribution in [0.1, 0.15) is 29.8 Å². The molecule has 1 fully saturated rings. The van der Waals surface area contributed by atoms with Gasteiger partial charge in [-0.3, -0.25) is 4.79 Å².